The molecule has 0 unspecified atom stereocenters. The van der Waals surface area contributed by atoms with E-state index >= 15 is 0 Å². The highest BCUT2D eigenvalue weighted by Gasteiger charge is 2.25. The van der Waals surface area contributed by atoms with Gasteiger partial charge in [-0.1, -0.05) is 48.0 Å². The molecular weight excluding hydrogens is 336 g/mol. The summed E-state index contributed by atoms with van der Waals surface area (Å²) < 4.78 is 5.94. The van der Waals surface area contributed by atoms with Crippen LogP contribution in [0, 0.1) is 13.8 Å². The van der Waals surface area contributed by atoms with Crippen LogP contribution in [-0.4, -0.2) is 10.9 Å². The summed E-state index contributed by atoms with van der Waals surface area (Å²) in [6.07, 6.45) is 1.69. The lowest BCUT2D eigenvalue weighted by Crippen LogP contribution is -2.31. The molecule has 0 aliphatic heterocycles. The Labute approximate surface area is 158 Å². The van der Waals surface area contributed by atoms with Crippen LogP contribution in [0.1, 0.15) is 27.2 Å². The molecule has 2 heterocycles. The number of hydrogen-bond acceptors (Lipinski definition) is 3. The third-order valence-corrected chi connectivity index (χ3v) is 4.64. The van der Waals surface area contributed by atoms with Crippen LogP contribution >= 0.6 is 0 Å². The van der Waals surface area contributed by atoms with Gasteiger partial charge in [-0.25, -0.2) is 4.98 Å². The fraction of sp³-hybridized carbons (Fsp3) is 0.130. The van der Waals surface area contributed by atoms with Crippen LogP contribution in [-0.2, 0) is 6.54 Å². The number of carbonyl (C=O) groups is 1. The zero-order valence-corrected chi connectivity index (χ0v) is 15.3. The molecule has 4 heteroatoms. The highest BCUT2D eigenvalue weighted by molar-refractivity contribution is 6.07. The number of rotatable bonds is 4. The Morgan fingerprint density at radius 1 is 1.00 bits per heavy atom. The maximum absolute atomic E-state index is 13.4. The van der Waals surface area contributed by atoms with Gasteiger partial charge in [-0.15, -0.1) is 0 Å². The lowest BCUT2D eigenvalue weighted by atomic mass is 10.1. The zero-order valence-electron chi connectivity index (χ0n) is 15.3. The molecule has 4 aromatic rings. The van der Waals surface area contributed by atoms with Crippen molar-refractivity contribution in [1.82, 2.24) is 4.98 Å². The van der Waals surface area contributed by atoms with Crippen LogP contribution in [0.4, 0.5) is 5.82 Å². The SMILES string of the molecule is Cc1ccc2oc(C(=O)N(Cc3ccccc3)c3ccccn3)c(C)c2c1. The van der Waals surface area contributed by atoms with Crippen LogP contribution < -0.4 is 4.90 Å². The van der Waals surface area contributed by atoms with E-state index in [1.807, 2.05) is 80.6 Å². The number of pyridine rings is 1. The van der Waals surface area contributed by atoms with Crippen molar-refractivity contribution in [3.8, 4) is 0 Å². The lowest BCUT2D eigenvalue weighted by molar-refractivity contribution is 0.0959. The third-order valence-electron chi connectivity index (χ3n) is 4.64. The van der Waals surface area contributed by atoms with Crippen LogP contribution in [0.25, 0.3) is 11.0 Å². The minimum Gasteiger partial charge on any atom is -0.451 e. The lowest BCUT2D eigenvalue weighted by Gasteiger charge is -2.21. The number of aryl methyl sites for hydroxylation is 2. The Kier molecular flexibility index (Phi) is 4.47. The molecule has 0 atom stereocenters. The molecule has 2 aromatic heterocycles. The Morgan fingerprint density at radius 2 is 1.78 bits per heavy atom. The Bertz CT molecular complexity index is 1090. The topological polar surface area (TPSA) is 46.3 Å². The van der Waals surface area contributed by atoms with Crippen molar-refractivity contribution in [3.63, 3.8) is 0 Å². The van der Waals surface area contributed by atoms with E-state index in [0.29, 0.717) is 18.1 Å². The molecule has 1 amide bonds. The van der Waals surface area contributed by atoms with Gasteiger partial charge >= 0.3 is 0 Å². The fourth-order valence-corrected chi connectivity index (χ4v) is 3.20. The van der Waals surface area contributed by atoms with Crippen LogP contribution in [0.5, 0.6) is 0 Å². The summed E-state index contributed by atoms with van der Waals surface area (Å²) in [6, 6.07) is 21.4. The van der Waals surface area contributed by atoms with Crippen LogP contribution in [0.3, 0.4) is 0 Å². The van der Waals surface area contributed by atoms with Crippen molar-refractivity contribution in [3.05, 3.63) is 95.4 Å². The van der Waals surface area contributed by atoms with Crippen molar-refractivity contribution < 1.29 is 9.21 Å². The first kappa shape index (κ1) is 17.0. The van der Waals surface area contributed by atoms with Crippen molar-refractivity contribution >= 4 is 22.7 Å². The predicted molar refractivity (Wildman–Crippen MR) is 107 cm³/mol. The molecule has 0 saturated carbocycles. The van der Waals surface area contributed by atoms with Gasteiger partial charge in [-0.2, -0.15) is 0 Å². The molecule has 4 rings (SSSR count). The van der Waals surface area contributed by atoms with E-state index in [-0.39, 0.29) is 5.91 Å². The number of nitrogens with zero attached hydrogens (tertiary/aromatic N) is 2. The number of amides is 1. The highest BCUT2D eigenvalue weighted by Crippen LogP contribution is 2.28. The van der Waals surface area contributed by atoms with Gasteiger partial charge < -0.3 is 4.42 Å². The minimum absolute atomic E-state index is 0.191. The number of carbonyl (C=O) groups excluding carboxylic acids is 1. The smallest absolute Gasteiger partial charge is 0.295 e. The number of fused-ring (bicyclic) bond motifs is 1. The summed E-state index contributed by atoms with van der Waals surface area (Å²) in [5, 5.41) is 0.971. The molecular formula is C23H20N2O2. The number of aromatic nitrogens is 1. The fourth-order valence-electron chi connectivity index (χ4n) is 3.20. The first-order valence-corrected chi connectivity index (χ1v) is 8.90. The summed E-state index contributed by atoms with van der Waals surface area (Å²) >= 11 is 0. The average Bonchev–Trinajstić information content (AvgIpc) is 3.03. The minimum atomic E-state index is -0.191. The van der Waals surface area contributed by atoms with Gasteiger partial charge in [0.15, 0.2) is 5.76 Å². The number of benzene rings is 2. The first-order chi connectivity index (χ1) is 13.1. The molecule has 0 aliphatic rings. The van der Waals surface area contributed by atoms with Crippen LogP contribution in [0.15, 0.2) is 77.3 Å². The average molecular weight is 356 g/mol. The summed E-state index contributed by atoms with van der Waals surface area (Å²) in [5.74, 6) is 0.767. The van der Waals surface area contributed by atoms with E-state index in [1.54, 1.807) is 11.1 Å². The molecule has 27 heavy (non-hydrogen) atoms. The number of hydrogen-bond donors (Lipinski definition) is 0. The van der Waals surface area contributed by atoms with Gasteiger partial charge in [0.25, 0.3) is 5.91 Å². The van der Waals surface area contributed by atoms with Gasteiger partial charge in [0.2, 0.25) is 0 Å². The molecule has 0 saturated heterocycles. The van der Waals surface area contributed by atoms with Crippen LogP contribution in [0.2, 0.25) is 0 Å². The van der Waals surface area contributed by atoms with Gasteiger partial charge in [-0.3, -0.25) is 9.69 Å². The molecule has 2 aromatic carbocycles. The van der Waals surface area contributed by atoms with Crippen molar-refractivity contribution in [2.75, 3.05) is 4.90 Å². The summed E-state index contributed by atoms with van der Waals surface area (Å²) in [7, 11) is 0. The molecule has 0 fully saturated rings. The number of furan rings is 1. The van der Waals surface area contributed by atoms with Gasteiger partial charge in [0.1, 0.15) is 11.4 Å². The van der Waals surface area contributed by atoms with E-state index < -0.39 is 0 Å². The molecule has 4 nitrogen and oxygen atoms in total. The van der Waals surface area contributed by atoms with E-state index in [4.69, 9.17) is 4.42 Å². The Balaban J connectivity index is 1.78. The van der Waals surface area contributed by atoms with Gasteiger partial charge in [0.05, 0.1) is 6.54 Å². The quantitative estimate of drug-likeness (QED) is 0.499. The zero-order chi connectivity index (χ0) is 18.8. The maximum Gasteiger partial charge on any atom is 0.295 e. The van der Waals surface area contributed by atoms with Gasteiger partial charge in [-0.05, 0) is 43.7 Å². The monoisotopic (exact) mass is 356 g/mol. The standard InChI is InChI=1S/C23H20N2O2/c1-16-11-12-20-19(14-16)17(2)22(27-20)23(26)25(21-10-6-7-13-24-21)15-18-8-4-3-5-9-18/h3-14H,15H2,1-2H3. The van der Waals surface area contributed by atoms with E-state index in [9.17, 15) is 4.79 Å². The third kappa shape index (κ3) is 3.34. The summed E-state index contributed by atoms with van der Waals surface area (Å²) in [6.45, 7) is 4.38. The second-order valence-electron chi connectivity index (χ2n) is 6.62. The normalized spacial score (nSPS) is 10.9. The predicted octanol–water partition coefficient (Wildman–Crippen LogP) is 5.29. The molecule has 134 valence electrons. The largest absolute Gasteiger partial charge is 0.451 e. The first-order valence-electron chi connectivity index (χ1n) is 8.90. The summed E-state index contributed by atoms with van der Waals surface area (Å²) in [5.41, 5.74) is 3.74. The van der Waals surface area contributed by atoms with E-state index in [2.05, 4.69) is 4.98 Å². The molecule has 0 radical (unpaired) electrons. The van der Waals surface area contributed by atoms with Crippen molar-refractivity contribution in [2.45, 2.75) is 20.4 Å². The molecule has 0 spiro atoms. The second-order valence-corrected chi connectivity index (χ2v) is 6.62. The van der Waals surface area contributed by atoms with Gasteiger partial charge in [0, 0.05) is 17.1 Å². The molecule has 0 aliphatic carbocycles. The maximum atomic E-state index is 13.4. The number of anilines is 1. The Hall–Kier alpha value is -3.40. The Morgan fingerprint density at radius 3 is 2.52 bits per heavy atom. The van der Waals surface area contributed by atoms with Crippen molar-refractivity contribution in [1.29, 1.82) is 0 Å². The molecule has 0 N–H and O–H groups in total. The summed E-state index contributed by atoms with van der Waals surface area (Å²) in [4.78, 5) is 19.5. The van der Waals surface area contributed by atoms with E-state index in [0.717, 1.165) is 27.7 Å². The second kappa shape index (κ2) is 7.08. The highest BCUT2D eigenvalue weighted by atomic mass is 16.3. The van der Waals surface area contributed by atoms with Crippen molar-refractivity contribution in [2.24, 2.45) is 0 Å². The molecule has 0 bridgehead atoms. The van der Waals surface area contributed by atoms with E-state index in [1.165, 1.54) is 0 Å².